The second-order valence-corrected chi connectivity index (χ2v) is 10.6. The van der Waals surface area contributed by atoms with Crippen LogP contribution in [0.25, 0.3) is 32.9 Å². The normalized spacial score (nSPS) is 18.0. The van der Waals surface area contributed by atoms with Crippen molar-refractivity contribution in [2.24, 2.45) is 0 Å². The second kappa shape index (κ2) is 9.44. The Morgan fingerprint density at radius 1 is 0.921 bits per heavy atom. The lowest BCUT2D eigenvalue weighted by molar-refractivity contribution is -0.0586. The van der Waals surface area contributed by atoms with Gasteiger partial charge in [-0.15, -0.1) is 0 Å². The van der Waals surface area contributed by atoms with Gasteiger partial charge in [-0.25, -0.2) is 0 Å². The Morgan fingerprint density at radius 2 is 1.68 bits per heavy atom. The van der Waals surface area contributed by atoms with E-state index in [0.29, 0.717) is 18.7 Å². The van der Waals surface area contributed by atoms with E-state index in [1.807, 2.05) is 38.7 Å². The van der Waals surface area contributed by atoms with Crippen molar-refractivity contribution in [3.05, 3.63) is 88.8 Å². The maximum atomic E-state index is 13.5. The molecule has 38 heavy (non-hydrogen) atoms. The number of carbonyl (C=O) groups is 1. The Morgan fingerprint density at radius 3 is 2.39 bits per heavy atom. The fraction of sp³-hybridized carbons (Fsp3) is 0.312. The Balaban J connectivity index is 1.51. The highest BCUT2D eigenvalue weighted by atomic mass is 16.5. The molecule has 0 bridgehead atoms. The summed E-state index contributed by atoms with van der Waals surface area (Å²) in [6.07, 6.45) is 0.0652. The van der Waals surface area contributed by atoms with Gasteiger partial charge in [0.2, 0.25) is 0 Å². The van der Waals surface area contributed by atoms with Crippen LogP contribution in [0.4, 0.5) is 0 Å². The lowest BCUT2D eigenvalue weighted by atomic mass is 10.0. The Kier molecular flexibility index (Phi) is 6.07. The van der Waals surface area contributed by atoms with Crippen molar-refractivity contribution in [3.63, 3.8) is 0 Å². The minimum Gasteiger partial charge on any atom is -0.372 e. The van der Waals surface area contributed by atoms with Crippen molar-refractivity contribution in [3.8, 4) is 11.1 Å². The minimum atomic E-state index is 0.0326. The van der Waals surface area contributed by atoms with Gasteiger partial charge in [-0.2, -0.15) is 0 Å². The Labute approximate surface area is 222 Å². The molecule has 1 saturated heterocycles. The molecule has 1 fully saturated rings. The predicted molar refractivity (Wildman–Crippen MR) is 151 cm³/mol. The largest absolute Gasteiger partial charge is 0.372 e. The summed E-state index contributed by atoms with van der Waals surface area (Å²) in [4.78, 5) is 15.5. The van der Waals surface area contributed by atoms with Crippen LogP contribution in [0, 0.1) is 20.8 Å². The molecule has 1 aliphatic heterocycles. The van der Waals surface area contributed by atoms with Gasteiger partial charge in [-0.3, -0.25) is 4.79 Å². The van der Waals surface area contributed by atoms with E-state index in [0.717, 1.165) is 50.9 Å². The standard InChI is InChI=1S/C32H33N3O3/c1-19-8-6-7-9-26(19)18-35-29-13-11-25(32(36)34-16-20(2)37-21(3)17-34)14-28(29)27-12-10-24(15-30(27)35)31-22(4)33-38-23(31)5/h6-15,20-21H,16-18H2,1-5H3/t20-,21+. The molecule has 0 saturated carbocycles. The molecule has 0 aliphatic carbocycles. The number of benzene rings is 3. The van der Waals surface area contributed by atoms with E-state index in [1.54, 1.807) is 0 Å². The average molecular weight is 508 g/mol. The summed E-state index contributed by atoms with van der Waals surface area (Å²) < 4.78 is 13.7. The molecule has 0 radical (unpaired) electrons. The van der Waals surface area contributed by atoms with Crippen LogP contribution in [0.2, 0.25) is 0 Å². The van der Waals surface area contributed by atoms with Crippen molar-refractivity contribution in [2.45, 2.75) is 53.4 Å². The van der Waals surface area contributed by atoms with Crippen LogP contribution >= 0.6 is 0 Å². The summed E-state index contributed by atoms with van der Waals surface area (Å²) in [6, 6.07) is 21.2. The van der Waals surface area contributed by atoms with Gasteiger partial charge in [0.25, 0.3) is 5.91 Å². The number of carbonyl (C=O) groups excluding carboxylic acids is 1. The first-order valence-corrected chi connectivity index (χ1v) is 13.3. The minimum absolute atomic E-state index is 0.0326. The van der Waals surface area contributed by atoms with Crippen LogP contribution in [-0.2, 0) is 11.3 Å². The van der Waals surface area contributed by atoms with Crippen LogP contribution in [0.1, 0.15) is 46.8 Å². The van der Waals surface area contributed by atoms with Gasteiger partial charge in [0.15, 0.2) is 0 Å². The lowest BCUT2D eigenvalue weighted by Gasteiger charge is -2.35. The number of hydrogen-bond acceptors (Lipinski definition) is 4. The van der Waals surface area contributed by atoms with Gasteiger partial charge >= 0.3 is 0 Å². The van der Waals surface area contributed by atoms with Crippen molar-refractivity contribution < 1.29 is 14.1 Å². The van der Waals surface area contributed by atoms with E-state index in [4.69, 9.17) is 9.26 Å². The first-order valence-electron chi connectivity index (χ1n) is 13.3. The number of fused-ring (bicyclic) bond motifs is 3. The van der Waals surface area contributed by atoms with Gasteiger partial charge in [0.1, 0.15) is 5.76 Å². The van der Waals surface area contributed by atoms with E-state index in [2.05, 4.69) is 71.2 Å². The summed E-state index contributed by atoms with van der Waals surface area (Å²) in [7, 11) is 0. The number of morpholine rings is 1. The zero-order chi connectivity index (χ0) is 26.6. The fourth-order valence-electron chi connectivity index (χ4n) is 5.94. The summed E-state index contributed by atoms with van der Waals surface area (Å²) in [6.45, 7) is 12.1. The third kappa shape index (κ3) is 4.19. The van der Waals surface area contributed by atoms with Crippen LogP contribution in [0.5, 0.6) is 0 Å². The van der Waals surface area contributed by atoms with Crippen LogP contribution in [0.15, 0.2) is 65.2 Å². The molecule has 1 aliphatic rings. The number of amides is 1. The second-order valence-electron chi connectivity index (χ2n) is 10.6. The summed E-state index contributed by atoms with van der Waals surface area (Å²) in [5.74, 6) is 0.867. The predicted octanol–water partition coefficient (Wildman–Crippen LogP) is 6.67. The molecule has 2 aromatic heterocycles. The van der Waals surface area contributed by atoms with Gasteiger partial charge in [-0.1, -0.05) is 41.6 Å². The molecular formula is C32H33N3O3. The smallest absolute Gasteiger partial charge is 0.254 e. The highest BCUT2D eigenvalue weighted by Crippen LogP contribution is 2.36. The van der Waals surface area contributed by atoms with Crippen molar-refractivity contribution in [1.82, 2.24) is 14.6 Å². The maximum absolute atomic E-state index is 13.5. The quantitative estimate of drug-likeness (QED) is 0.272. The van der Waals surface area contributed by atoms with Gasteiger partial charge in [-0.05, 0) is 75.6 Å². The Hall–Kier alpha value is -3.90. The summed E-state index contributed by atoms with van der Waals surface area (Å²) in [5.41, 5.74) is 8.46. The molecule has 2 atom stereocenters. The molecule has 0 spiro atoms. The highest BCUT2D eigenvalue weighted by molar-refractivity contribution is 6.11. The number of ether oxygens (including phenoxy) is 1. The third-order valence-electron chi connectivity index (χ3n) is 7.73. The fourth-order valence-corrected chi connectivity index (χ4v) is 5.94. The van der Waals surface area contributed by atoms with E-state index < -0.39 is 0 Å². The molecule has 3 heterocycles. The average Bonchev–Trinajstić information content (AvgIpc) is 3.39. The molecule has 6 heteroatoms. The zero-order valence-corrected chi connectivity index (χ0v) is 22.6. The molecular weight excluding hydrogens is 474 g/mol. The molecule has 0 N–H and O–H groups in total. The lowest BCUT2D eigenvalue weighted by Crippen LogP contribution is -2.48. The van der Waals surface area contributed by atoms with E-state index in [9.17, 15) is 4.79 Å². The van der Waals surface area contributed by atoms with Gasteiger partial charge < -0.3 is 18.7 Å². The Bertz CT molecular complexity index is 1650. The summed E-state index contributed by atoms with van der Waals surface area (Å²) >= 11 is 0. The summed E-state index contributed by atoms with van der Waals surface area (Å²) in [5, 5.41) is 6.38. The van der Waals surface area contributed by atoms with Crippen LogP contribution in [-0.4, -0.2) is 45.8 Å². The van der Waals surface area contributed by atoms with E-state index >= 15 is 0 Å². The third-order valence-corrected chi connectivity index (χ3v) is 7.73. The first kappa shape index (κ1) is 24.4. The molecule has 1 amide bonds. The SMILES string of the molecule is Cc1ccccc1Cn1c2ccc(C(=O)N3C[C@@H](C)O[C@@H](C)C3)cc2c2ccc(-c3c(C)noc3C)cc21. The van der Waals surface area contributed by atoms with Gasteiger partial charge in [0.05, 0.1) is 23.4 Å². The number of aromatic nitrogens is 2. The molecule has 5 aromatic rings. The maximum Gasteiger partial charge on any atom is 0.254 e. The van der Waals surface area contributed by atoms with Crippen LogP contribution < -0.4 is 0 Å². The van der Waals surface area contributed by atoms with Crippen molar-refractivity contribution in [1.29, 1.82) is 0 Å². The van der Waals surface area contributed by atoms with Gasteiger partial charge in [0, 0.05) is 47.1 Å². The zero-order valence-electron chi connectivity index (χ0n) is 22.6. The van der Waals surface area contributed by atoms with E-state index in [1.165, 1.54) is 11.1 Å². The highest BCUT2D eigenvalue weighted by Gasteiger charge is 2.27. The first-order chi connectivity index (χ1) is 18.3. The molecule has 194 valence electrons. The monoisotopic (exact) mass is 507 g/mol. The topological polar surface area (TPSA) is 60.5 Å². The van der Waals surface area contributed by atoms with Crippen molar-refractivity contribution >= 4 is 27.7 Å². The molecule has 6 rings (SSSR count). The van der Waals surface area contributed by atoms with E-state index in [-0.39, 0.29) is 18.1 Å². The van der Waals surface area contributed by atoms with Crippen LogP contribution in [0.3, 0.4) is 0 Å². The number of nitrogens with zero attached hydrogens (tertiary/aromatic N) is 3. The van der Waals surface area contributed by atoms with Crippen molar-refractivity contribution in [2.75, 3.05) is 13.1 Å². The number of hydrogen-bond donors (Lipinski definition) is 0. The number of rotatable bonds is 4. The molecule has 0 unspecified atom stereocenters. The number of aryl methyl sites for hydroxylation is 3. The molecule has 3 aromatic carbocycles. The molecule has 6 nitrogen and oxygen atoms in total.